The minimum absolute atomic E-state index is 0.0713. The number of imide groups is 1. The summed E-state index contributed by atoms with van der Waals surface area (Å²) in [6.07, 6.45) is 3.01. The SMILES string of the molecule is CNC1CC(=O)N(CCCCCC(=O)NCC(=O)NCC(=O)NC(C)Cc2ccccc2)C1=O. The number of hydrogen-bond acceptors (Lipinski definition) is 6. The van der Waals surface area contributed by atoms with Gasteiger partial charge < -0.3 is 21.3 Å². The average Bonchev–Trinajstić information content (AvgIpc) is 3.09. The maximum atomic E-state index is 12.0. The smallest absolute Gasteiger partial charge is 0.246 e. The molecule has 2 unspecified atom stereocenters. The first-order valence-electron chi connectivity index (χ1n) is 11.7. The number of carbonyl (C=O) groups excluding carboxylic acids is 5. The van der Waals surface area contributed by atoms with E-state index in [0.717, 1.165) is 5.56 Å². The van der Waals surface area contributed by atoms with Gasteiger partial charge in [-0.15, -0.1) is 0 Å². The van der Waals surface area contributed by atoms with Crippen molar-refractivity contribution in [2.24, 2.45) is 0 Å². The van der Waals surface area contributed by atoms with Crippen molar-refractivity contribution in [1.82, 2.24) is 26.2 Å². The molecular formula is C24H35N5O5. The number of likely N-dealkylation sites (tertiary alicyclic amines) is 1. The van der Waals surface area contributed by atoms with Crippen LogP contribution in [-0.2, 0) is 30.4 Å². The number of hydrogen-bond donors (Lipinski definition) is 4. The molecule has 0 bridgehead atoms. The molecule has 1 heterocycles. The molecule has 1 aliphatic heterocycles. The summed E-state index contributed by atoms with van der Waals surface area (Å²) < 4.78 is 0. The Kier molecular flexibility index (Phi) is 11.2. The Balaban J connectivity index is 1.51. The minimum Gasteiger partial charge on any atom is -0.352 e. The topological polar surface area (TPSA) is 137 Å². The van der Waals surface area contributed by atoms with Crippen LogP contribution in [0, 0.1) is 0 Å². The lowest BCUT2D eigenvalue weighted by atomic mass is 10.1. The monoisotopic (exact) mass is 473 g/mol. The standard InChI is InChI=1S/C24H35N5O5/c1-17(13-18-9-5-3-6-10-18)28-22(32)16-27-21(31)15-26-20(30)11-7-4-8-12-29-23(33)14-19(25-2)24(29)34/h3,5-6,9-10,17,19,25H,4,7-8,11-16H2,1-2H3,(H,26,30)(H,27,31)(H,28,32). The van der Waals surface area contributed by atoms with E-state index < -0.39 is 11.9 Å². The highest BCUT2D eigenvalue weighted by atomic mass is 16.2. The first kappa shape index (κ1) is 27.0. The van der Waals surface area contributed by atoms with Gasteiger partial charge in [0, 0.05) is 19.0 Å². The van der Waals surface area contributed by atoms with Crippen molar-refractivity contribution in [3.8, 4) is 0 Å². The van der Waals surface area contributed by atoms with E-state index >= 15 is 0 Å². The second-order valence-electron chi connectivity index (χ2n) is 8.45. The zero-order chi connectivity index (χ0) is 24.9. The number of rotatable bonds is 14. The molecule has 2 atom stereocenters. The highest BCUT2D eigenvalue weighted by molar-refractivity contribution is 6.05. The summed E-state index contributed by atoms with van der Waals surface area (Å²) in [5.41, 5.74) is 1.11. The Hall–Kier alpha value is -3.27. The summed E-state index contributed by atoms with van der Waals surface area (Å²) >= 11 is 0. The Morgan fingerprint density at radius 3 is 2.32 bits per heavy atom. The molecule has 2 rings (SSSR count). The van der Waals surface area contributed by atoms with Crippen molar-refractivity contribution < 1.29 is 24.0 Å². The van der Waals surface area contributed by atoms with Gasteiger partial charge in [-0.05, 0) is 38.8 Å². The van der Waals surface area contributed by atoms with Gasteiger partial charge in [-0.3, -0.25) is 28.9 Å². The molecule has 186 valence electrons. The van der Waals surface area contributed by atoms with E-state index in [1.165, 1.54) is 4.90 Å². The molecule has 34 heavy (non-hydrogen) atoms. The predicted octanol–water partition coefficient (Wildman–Crippen LogP) is -0.126. The molecule has 4 N–H and O–H groups in total. The van der Waals surface area contributed by atoms with Crippen LogP contribution >= 0.6 is 0 Å². The number of amides is 5. The molecule has 0 aliphatic carbocycles. The molecule has 0 spiro atoms. The van der Waals surface area contributed by atoms with Crippen LogP contribution in [0.3, 0.4) is 0 Å². The summed E-state index contributed by atoms with van der Waals surface area (Å²) in [5.74, 6) is -1.37. The lowest BCUT2D eigenvalue weighted by Gasteiger charge is -2.14. The Bertz CT molecular complexity index is 861. The van der Waals surface area contributed by atoms with Crippen LogP contribution in [0.1, 0.15) is 44.6 Å². The Morgan fingerprint density at radius 2 is 1.65 bits per heavy atom. The number of benzene rings is 1. The van der Waals surface area contributed by atoms with Crippen molar-refractivity contribution in [3.63, 3.8) is 0 Å². The van der Waals surface area contributed by atoms with E-state index in [1.54, 1.807) is 7.05 Å². The zero-order valence-corrected chi connectivity index (χ0v) is 19.9. The first-order valence-corrected chi connectivity index (χ1v) is 11.7. The highest BCUT2D eigenvalue weighted by Gasteiger charge is 2.36. The van der Waals surface area contributed by atoms with Crippen LogP contribution in [0.2, 0.25) is 0 Å². The molecule has 1 aromatic carbocycles. The fourth-order valence-electron chi connectivity index (χ4n) is 3.73. The van der Waals surface area contributed by atoms with Gasteiger partial charge in [-0.25, -0.2) is 0 Å². The Labute approximate surface area is 200 Å². The molecule has 5 amide bonds. The van der Waals surface area contributed by atoms with E-state index in [0.29, 0.717) is 32.2 Å². The Morgan fingerprint density at radius 1 is 0.971 bits per heavy atom. The highest BCUT2D eigenvalue weighted by Crippen LogP contribution is 2.14. The van der Waals surface area contributed by atoms with Gasteiger partial charge in [0.05, 0.1) is 25.6 Å². The maximum Gasteiger partial charge on any atom is 0.246 e. The first-order chi connectivity index (χ1) is 16.3. The van der Waals surface area contributed by atoms with E-state index in [1.807, 2.05) is 37.3 Å². The molecule has 10 nitrogen and oxygen atoms in total. The van der Waals surface area contributed by atoms with Crippen LogP contribution in [0.15, 0.2) is 30.3 Å². The van der Waals surface area contributed by atoms with Crippen molar-refractivity contribution in [3.05, 3.63) is 35.9 Å². The van der Waals surface area contributed by atoms with Gasteiger partial charge in [0.25, 0.3) is 0 Å². The van der Waals surface area contributed by atoms with Gasteiger partial charge in [-0.2, -0.15) is 0 Å². The quantitative estimate of drug-likeness (QED) is 0.220. The summed E-state index contributed by atoms with van der Waals surface area (Å²) in [6.45, 7) is 1.89. The molecular weight excluding hydrogens is 438 g/mol. The number of nitrogens with zero attached hydrogens (tertiary/aromatic N) is 1. The second-order valence-corrected chi connectivity index (χ2v) is 8.45. The van der Waals surface area contributed by atoms with Gasteiger partial charge in [0.1, 0.15) is 0 Å². The molecule has 1 fully saturated rings. The normalized spacial score (nSPS) is 16.3. The summed E-state index contributed by atoms with van der Waals surface area (Å²) in [6, 6.07) is 9.28. The molecule has 1 saturated heterocycles. The molecule has 0 radical (unpaired) electrons. The van der Waals surface area contributed by atoms with Crippen molar-refractivity contribution in [2.45, 2.75) is 57.5 Å². The summed E-state index contributed by atoms with van der Waals surface area (Å²) in [4.78, 5) is 60.9. The number of likely N-dealkylation sites (N-methyl/N-ethyl adjacent to an activating group) is 1. The lowest BCUT2D eigenvalue weighted by Crippen LogP contribution is -2.44. The third-order valence-corrected chi connectivity index (χ3v) is 5.56. The van der Waals surface area contributed by atoms with Gasteiger partial charge in [0.15, 0.2) is 0 Å². The van der Waals surface area contributed by atoms with E-state index in [9.17, 15) is 24.0 Å². The fraction of sp³-hybridized carbons (Fsp3) is 0.542. The number of carbonyl (C=O) groups is 5. The maximum absolute atomic E-state index is 12.0. The van der Waals surface area contributed by atoms with Gasteiger partial charge in [0.2, 0.25) is 29.5 Å². The summed E-state index contributed by atoms with van der Waals surface area (Å²) in [5, 5.41) is 10.7. The van der Waals surface area contributed by atoms with Crippen molar-refractivity contribution >= 4 is 29.5 Å². The molecule has 0 aromatic heterocycles. The minimum atomic E-state index is -0.440. The molecule has 10 heteroatoms. The molecule has 1 aromatic rings. The third-order valence-electron chi connectivity index (χ3n) is 5.56. The van der Waals surface area contributed by atoms with E-state index in [4.69, 9.17) is 0 Å². The zero-order valence-electron chi connectivity index (χ0n) is 19.9. The van der Waals surface area contributed by atoms with Crippen LogP contribution in [0.5, 0.6) is 0 Å². The average molecular weight is 474 g/mol. The predicted molar refractivity (Wildman–Crippen MR) is 126 cm³/mol. The van der Waals surface area contributed by atoms with Crippen LogP contribution in [0.4, 0.5) is 0 Å². The second kappa shape index (κ2) is 14.1. The fourth-order valence-corrected chi connectivity index (χ4v) is 3.73. The van der Waals surface area contributed by atoms with Crippen molar-refractivity contribution in [1.29, 1.82) is 0 Å². The van der Waals surface area contributed by atoms with Gasteiger partial charge in [-0.1, -0.05) is 36.8 Å². The molecule has 1 aliphatic rings. The molecule has 0 saturated carbocycles. The largest absolute Gasteiger partial charge is 0.352 e. The van der Waals surface area contributed by atoms with Crippen LogP contribution in [-0.4, -0.2) is 73.2 Å². The third kappa shape index (κ3) is 9.30. The van der Waals surface area contributed by atoms with E-state index in [-0.39, 0.29) is 55.6 Å². The van der Waals surface area contributed by atoms with Crippen LogP contribution < -0.4 is 21.3 Å². The van der Waals surface area contributed by atoms with Gasteiger partial charge >= 0.3 is 0 Å². The van der Waals surface area contributed by atoms with E-state index in [2.05, 4.69) is 21.3 Å². The number of unbranched alkanes of at least 4 members (excludes halogenated alkanes) is 2. The number of nitrogens with one attached hydrogen (secondary N) is 4. The lowest BCUT2D eigenvalue weighted by molar-refractivity contribution is -0.139. The van der Waals surface area contributed by atoms with Crippen molar-refractivity contribution in [2.75, 3.05) is 26.7 Å². The summed E-state index contributed by atoms with van der Waals surface area (Å²) in [7, 11) is 1.65. The van der Waals surface area contributed by atoms with Crippen LogP contribution in [0.25, 0.3) is 0 Å².